The molecule has 1 aromatic carbocycles. The Bertz CT molecular complexity index is 955. The molecule has 0 bridgehead atoms. The average molecular weight is 413 g/mol. The molecule has 1 heterocycles. The average Bonchev–Trinajstić information content (AvgIpc) is 2.59. The van der Waals surface area contributed by atoms with Crippen molar-refractivity contribution >= 4 is 24.0 Å². The number of ether oxygens (including phenoxy) is 1. The lowest BCUT2D eigenvalue weighted by Crippen LogP contribution is -2.31. The van der Waals surface area contributed by atoms with E-state index in [-0.39, 0.29) is 11.1 Å². The molecule has 0 spiro atoms. The standard InChI is InChI=1S/C23H27NO6/c1-12(22(29)30-23(4,5)6)11-15-9-7-8-10-16(15)19-17(20(25)26)13(2)24-14(3)18(19)21(27)28/h7-11,19,24H,1-6H3,(H,25,26)(H,27,28). The van der Waals surface area contributed by atoms with Crippen LogP contribution in [0.3, 0.4) is 0 Å². The molecular formula is C23H27NO6. The first-order valence-corrected chi connectivity index (χ1v) is 9.49. The number of carbonyl (C=O) groups excluding carboxylic acids is 1. The fourth-order valence-electron chi connectivity index (χ4n) is 3.43. The zero-order valence-electron chi connectivity index (χ0n) is 18.0. The van der Waals surface area contributed by atoms with Gasteiger partial charge in [0.25, 0.3) is 0 Å². The summed E-state index contributed by atoms with van der Waals surface area (Å²) in [5.74, 6) is -3.92. The molecule has 1 aliphatic rings. The number of carboxylic acid groups (broad SMARTS) is 2. The van der Waals surface area contributed by atoms with Crippen molar-refractivity contribution in [3.05, 3.63) is 63.5 Å². The third kappa shape index (κ3) is 4.97. The van der Waals surface area contributed by atoms with Gasteiger partial charge in [0.05, 0.1) is 17.1 Å². The fourth-order valence-corrected chi connectivity index (χ4v) is 3.43. The molecule has 30 heavy (non-hydrogen) atoms. The Balaban J connectivity index is 2.67. The molecule has 0 saturated carbocycles. The number of carboxylic acids is 2. The lowest BCUT2D eigenvalue weighted by Gasteiger charge is -2.29. The third-order valence-corrected chi connectivity index (χ3v) is 4.62. The van der Waals surface area contributed by atoms with E-state index in [1.165, 1.54) is 0 Å². The maximum Gasteiger partial charge on any atom is 0.334 e. The Labute approximate surface area is 175 Å². The van der Waals surface area contributed by atoms with E-state index in [0.29, 0.717) is 28.1 Å². The number of nitrogens with one attached hydrogen (secondary N) is 1. The number of dihydropyridines is 1. The zero-order chi connectivity index (χ0) is 22.8. The van der Waals surface area contributed by atoms with Gasteiger partial charge in [0.2, 0.25) is 0 Å². The van der Waals surface area contributed by atoms with E-state index in [0.717, 1.165) is 0 Å². The number of allylic oxidation sites excluding steroid dienone is 2. The first-order chi connectivity index (χ1) is 13.8. The number of esters is 1. The highest BCUT2D eigenvalue weighted by molar-refractivity contribution is 5.99. The van der Waals surface area contributed by atoms with Gasteiger partial charge < -0.3 is 20.3 Å². The Morgan fingerprint density at radius 2 is 1.50 bits per heavy atom. The fraction of sp³-hybridized carbons (Fsp3) is 0.348. The van der Waals surface area contributed by atoms with Crippen LogP contribution in [-0.4, -0.2) is 33.7 Å². The van der Waals surface area contributed by atoms with Crippen molar-refractivity contribution in [2.45, 2.75) is 53.1 Å². The van der Waals surface area contributed by atoms with E-state index in [1.54, 1.807) is 71.9 Å². The van der Waals surface area contributed by atoms with Gasteiger partial charge in [-0.05, 0) is 58.7 Å². The van der Waals surface area contributed by atoms with Crippen molar-refractivity contribution in [1.82, 2.24) is 5.32 Å². The van der Waals surface area contributed by atoms with E-state index < -0.39 is 29.4 Å². The number of aliphatic carboxylic acids is 2. The minimum absolute atomic E-state index is 0.0474. The number of benzene rings is 1. The summed E-state index contributed by atoms with van der Waals surface area (Å²) in [6.07, 6.45) is 1.59. The number of hydrogen-bond acceptors (Lipinski definition) is 5. The summed E-state index contributed by atoms with van der Waals surface area (Å²) >= 11 is 0. The number of carbonyl (C=O) groups is 3. The second-order valence-corrected chi connectivity index (χ2v) is 8.20. The second kappa shape index (κ2) is 8.57. The molecule has 0 fully saturated rings. The molecule has 0 amide bonds. The lowest BCUT2D eigenvalue weighted by atomic mass is 9.78. The zero-order valence-corrected chi connectivity index (χ0v) is 18.0. The predicted molar refractivity (Wildman–Crippen MR) is 112 cm³/mol. The van der Waals surface area contributed by atoms with Gasteiger partial charge in [-0.15, -0.1) is 0 Å². The molecule has 2 rings (SSSR count). The Kier molecular flexibility index (Phi) is 6.55. The highest BCUT2D eigenvalue weighted by Crippen LogP contribution is 2.40. The highest BCUT2D eigenvalue weighted by atomic mass is 16.6. The predicted octanol–water partition coefficient (Wildman–Crippen LogP) is 3.84. The van der Waals surface area contributed by atoms with E-state index in [9.17, 15) is 24.6 Å². The van der Waals surface area contributed by atoms with E-state index in [4.69, 9.17) is 4.74 Å². The number of hydrogen-bond donors (Lipinski definition) is 3. The minimum atomic E-state index is -1.21. The van der Waals surface area contributed by atoms with Crippen LogP contribution in [0.2, 0.25) is 0 Å². The minimum Gasteiger partial charge on any atom is -0.478 e. The van der Waals surface area contributed by atoms with Gasteiger partial charge in [-0.2, -0.15) is 0 Å². The quantitative estimate of drug-likeness (QED) is 0.496. The molecule has 0 aromatic heterocycles. The van der Waals surface area contributed by atoms with Gasteiger partial charge in [0, 0.05) is 17.0 Å². The van der Waals surface area contributed by atoms with Crippen molar-refractivity contribution < 1.29 is 29.3 Å². The SMILES string of the molecule is CC(=Cc1ccccc1C1C(C(=O)O)=C(C)NC(C)=C1C(=O)O)C(=O)OC(C)(C)C. The van der Waals surface area contributed by atoms with Crippen LogP contribution < -0.4 is 5.32 Å². The normalized spacial score (nSPS) is 15.7. The van der Waals surface area contributed by atoms with Crippen LogP contribution in [0.4, 0.5) is 0 Å². The summed E-state index contributed by atoms with van der Waals surface area (Å²) in [4.78, 5) is 36.4. The molecule has 0 atom stereocenters. The molecule has 0 unspecified atom stereocenters. The van der Waals surface area contributed by atoms with Crippen molar-refractivity contribution in [1.29, 1.82) is 0 Å². The van der Waals surface area contributed by atoms with Crippen LogP contribution >= 0.6 is 0 Å². The van der Waals surface area contributed by atoms with Crippen LogP contribution in [0.5, 0.6) is 0 Å². The molecule has 160 valence electrons. The van der Waals surface area contributed by atoms with Gasteiger partial charge in [-0.1, -0.05) is 24.3 Å². The molecule has 0 radical (unpaired) electrons. The van der Waals surface area contributed by atoms with Crippen molar-refractivity contribution in [2.75, 3.05) is 0 Å². The second-order valence-electron chi connectivity index (χ2n) is 8.20. The summed E-state index contributed by atoms with van der Waals surface area (Å²) in [6.45, 7) is 10.1. The highest BCUT2D eigenvalue weighted by Gasteiger charge is 2.37. The molecule has 1 aliphatic heterocycles. The summed E-state index contributed by atoms with van der Waals surface area (Å²) in [5, 5.41) is 22.5. The molecule has 7 heteroatoms. The van der Waals surface area contributed by atoms with Gasteiger partial charge >= 0.3 is 17.9 Å². The van der Waals surface area contributed by atoms with Gasteiger partial charge in [-0.3, -0.25) is 0 Å². The topological polar surface area (TPSA) is 113 Å². The summed E-state index contributed by atoms with van der Waals surface area (Å²) < 4.78 is 5.39. The van der Waals surface area contributed by atoms with Crippen LogP contribution in [0, 0.1) is 0 Å². The molecule has 1 aromatic rings. The van der Waals surface area contributed by atoms with Crippen LogP contribution in [0.15, 0.2) is 52.4 Å². The molecule has 7 nitrogen and oxygen atoms in total. The van der Waals surface area contributed by atoms with Gasteiger partial charge in [-0.25, -0.2) is 14.4 Å². The Morgan fingerprint density at radius 1 is 1.00 bits per heavy atom. The summed E-state index contributed by atoms with van der Waals surface area (Å²) in [6, 6.07) is 6.85. The van der Waals surface area contributed by atoms with E-state index >= 15 is 0 Å². The maximum absolute atomic E-state index is 12.4. The monoisotopic (exact) mass is 413 g/mol. The number of rotatable bonds is 5. The van der Waals surface area contributed by atoms with E-state index in [2.05, 4.69) is 5.32 Å². The molecule has 0 aliphatic carbocycles. The van der Waals surface area contributed by atoms with E-state index in [1.807, 2.05) is 0 Å². The van der Waals surface area contributed by atoms with Gasteiger partial charge in [0.15, 0.2) is 0 Å². The third-order valence-electron chi connectivity index (χ3n) is 4.62. The molecule has 3 N–H and O–H groups in total. The Hall–Kier alpha value is -3.35. The lowest BCUT2D eigenvalue weighted by molar-refractivity contribution is -0.149. The first-order valence-electron chi connectivity index (χ1n) is 9.49. The summed E-state index contributed by atoms with van der Waals surface area (Å²) in [5.41, 5.74) is 1.34. The van der Waals surface area contributed by atoms with Crippen molar-refractivity contribution in [3.63, 3.8) is 0 Å². The molecular weight excluding hydrogens is 386 g/mol. The largest absolute Gasteiger partial charge is 0.478 e. The van der Waals surface area contributed by atoms with Crippen LogP contribution in [-0.2, 0) is 19.1 Å². The van der Waals surface area contributed by atoms with Crippen LogP contribution in [0.25, 0.3) is 6.08 Å². The maximum atomic E-state index is 12.4. The van der Waals surface area contributed by atoms with Gasteiger partial charge in [0.1, 0.15) is 5.60 Å². The first kappa shape index (κ1) is 22.9. The summed E-state index contributed by atoms with van der Waals surface area (Å²) in [7, 11) is 0. The molecule has 0 saturated heterocycles. The van der Waals surface area contributed by atoms with Crippen molar-refractivity contribution in [2.24, 2.45) is 0 Å². The smallest absolute Gasteiger partial charge is 0.334 e. The van der Waals surface area contributed by atoms with Crippen LogP contribution in [0.1, 0.15) is 58.6 Å². The Morgan fingerprint density at radius 3 is 1.97 bits per heavy atom. The van der Waals surface area contributed by atoms with Crippen molar-refractivity contribution in [3.8, 4) is 0 Å².